The summed E-state index contributed by atoms with van der Waals surface area (Å²) in [5, 5.41) is 5.96. The number of anilines is 1. The molecule has 0 spiro atoms. The molecule has 4 heterocycles. The fourth-order valence-electron chi connectivity index (χ4n) is 6.00. The van der Waals surface area contributed by atoms with Gasteiger partial charge in [0.1, 0.15) is 11.6 Å². The lowest BCUT2D eigenvalue weighted by Gasteiger charge is -2.44. The first kappa shape index (κ1) is 29.9. The molecule has 0 saturated carbocycles. The maximum absolute atomic E-state index is 15.9. The van der Waals surface area contributed by atoms with Gasteiger partial charge in [-0.1, -0.05) is 0 Å². The molecule has 7 nitrogen and oxygen atoms in total. The molecule has 2 saturated heterocycles. The van der Waals surface area contributed by atoms with Gasteiger partial charge in [0.2, 0.25) is 11.6 Å². The number of carbonyl (C=O) groups is 1. The number of hydrogen-bond acceptors (Lipinski definition) is 6. The lowest BCUT2D eigenvalue weighted by molar-refractivity contribution is -0.137. The van der Waals surface area contributed by atoms with Gasteiger partial charge in [0, 0.05) is 50.7 Å². The largest absolute Gasteiger partial charge is 0.416 e. The molecule has 2 N–H and O–H groups in total. The van der Waals surface area contributed by atoms with E-state index in [0.29, 0.717) is 18.2 Å². The minimum atomic E-state index is -4.68. The van der Waals surface area contributed by atoms with Crippen molar-refractivity contribution in [3.63, 3.8) is 0 Å². The topological polar surface area (TPSA) is 69.7 Å². The number of alkyl halides is 3. The molecular formula is C29H31F6N5O2. The first-order chi connectivity index (χ1) is 19.9. The molecule has 0 bridgehead atoms. The number of nitrogens with zero attached hydrogens (tertiary/aromatic N) is 3. The Kier molecular flexibility index (Phi) is 8.01. The summed E-state index contributed by atoms with van der Waals surface area (Å²) in [5.41, 5.74) is -3.82. The lowest BCUT2D eigenvalue weighted by atomic mass is 9.70. The van der Waals surface area contributed by atoms with Crippen LogP contribution < -0.4 is 15.5 Å². The molecular weight excluding hydrogens is 564 g/mol. The summed E-state index contributed by atoms with van der Waals surface area (Å²) in [7, 11) is 3.19. The number of pyridine rings is 1. The van der Waals surface area contributed by atoms with Crippen LogP contribution in [0.25, 0.3) is 0 Å². The van der Waals surface area contributed by atoms with Crippen LogP contribution >= 0.6 is 0 Å². The first-order valence-corrected chi connectivity index (χ1v) is 13.5. The Morgan fingerprint density at radius 1 is 1.12 bits per heavy atom. The number of dihydropyridines is 1. The molecule has 1 unspecified atom stereocenters. The minimum Gasteiger partial charge on any atom is -0.369 e. The van der Waals surface area contributed by atoms with Gasteiger partial charge in [-0.3, -0.25) is 9.78 Å². The van der Waals surface area contributed by atoms with Crippen LogP contribution in [0.3, 0.4) is 0 Å². The summed E-state index contributed by atoms with van der Waals surface area (Å²) in [4.78, 5) is 21.4. The Balaban J connectivity index is 1.44. The average Bonchev–Trinajstić information content (AvgIpc) is 3.37. The predicted octanol–water partition coefficient (Wildman–Crippen LogP) is 4.63. The van der Waals surface area contributed by atoms with Crippen molar-refractivity contribution in [2.24, 2.45) is 5.41 Å². The molecule has 2 aromatic rings. The number of aromatic nitrogens is 1. The molecule has 2 fully saturated rings. The van der Waals surface area contributed by atoms with Crippen molar-refractivity contribution in [3.8, 4) is 0 Å². The normalized spacial score (nSPS) is 24.6. The van der Waals surface area contributed by atoms with Crippen molar-refractivity contribution in [1.29, 1.82) is 0 Å². The Labute approximate surface area is 239 Å². The van der Waals surface area contributed by atoms with Crippen molar-refractivity contribution < 1.29 is 35.9 Å². The molecule has 1 amide bonds. The lowest BCUT2D eigenvalue weighted by Crippen LogP contribution is -2.54. The molecule has 0 radical (unpaired) electrons. The van der Waals surface area contributed by atoms with E-state index >= 15 is 4.39 Å². The number of allylic oxidation sites excluding steroid dienone is 1. The number of methoxy groups -OCH3 is 1. The van der Waals surface area contributed by atoms with Crippen molar-refractivity contribution >= 4 is 11.6 Å². The van der Waals surface area contributed by atoms with Crippen LogP contribution in [0.1, 0.15) is 30.4 Å². The maximum Gasteiger partial charge on any atom is 0.416 e. The highest BCUT2D eigenvalue weighted by atomic mass is 19.4. The summed E-state index contributed by atoms with van der Waals surface area (Å²) in [5.74, 6) is -2.86. The van der Waals surface area contributed by atoms with E-state index < -0.39 is 40.3 Å². The maximum atomic E-state index is 15.9. The smallest absolute Gasteiger partial charge is 0.369 e. The van der Waals surface area contributed by atoms with Crippen molar-refractivity contribution in [2.75, 3.05) is 45.2 Å². The second-order valence-corrected chi connectivity index (χ2v) is 11.0. The number of nitrogens with one attached hydrogen (secondary N) is 2. The number of piperidine rings is 1. The van der Waals surface area contributed by atoms with Gasteiger partial charge in [-0.2, -0.15) is 13.2 Å². The van der Waals surface area contributed by atoms with Crippen LogP contribution in [0.4, 0.5) is 32.0 Å². The van der Waals surface area contributed by atoms with E-state index in [1.54, 1.807) is 4.90 Å². The van der Waals surface area contributed by atoms with E-state index in [0.717, 1.165) is 37.4 Å². The van der Waals surface area contributed by atoms with Crippen LogP contribution in [0, 0.1) is 17.0 Å². The summed E-state index contributed by atoms with van der Waals surface area (Å²) in [6.07, 6.45) is 1.21. The number of ether oxygens (including phenoxy) is 1. The van der Waals surface area contributed by atoms with E-state index in [2.05, 4.69) is 20.5 Å². The third kappa shape index (κ3) is 5.47. The SMILES string of the molecule is COC1(c2cncc(F)c2)NC=C(C2(C(=O)N[C@H]3CCN(C)C3)CCN(c3ccc(C(F)(F)F)cc3F)CC2)C=C1F. The van der Waals surface area contributed by atoms with Gasteiger partial charge in [-0.25, -0.2) is 13.2 Å². The highest BCUT2D eigenvalue weighted by Gasteiger charge is 2.49. The van der Waals surface area contributed by atoms with E-state index in [9.17, 15) is 26.7 Å². The van der Waals surface area contributed by atoms with Crippen LogP contribution in [-0.2, 0) is 21.4 Å². The predicted molar refractivity (Wildman–Crippen MR) is 143 cm³/mol. The van der Waals surface area contributed by atoms with Gasteiger partial charge in [0.25, 0.3) is 0 Å². The van der Waals surface area contributed by atoms with Gasteiger partial charge in [0.05, 0.1) is 22.9 Å². The zero-order chi connectivity index (χ0) is 30.3. The van der Waals surface area contributed by atoms with Gasteiger partial charge in [-0.15, -0.1) is 0 Å². The highest BCUT2D eigenvalue weighted by Crippen LogP contribution is 2.46. The molecule has 226 valence electrons. The molecule has 13 heteroatoms. The zero-order valence-corrected chi connectivity index (χ0v) is 23.1. The second-order valence-electron chi connectivity index (χ2n) is 11.0. The number of benzene rings is 1. The van der Waals surface area contributed by atoms with Crippen molar-refractivity contribution in [2.45, 2.75) is 37.2 Å². The molecule has 3 aliphatic heterocycles. The van der Waals surface area contributed by atoms with Crippen LogP contribution in [-0.4, -0.2) is 62.2 Å². The summed E-state index contributed by atoms with van der Waals surface area (Å²) >= 11 is 0. The number of rotatable bonds is 6. The third-order valence-corrected chi connectivity index (χ3v) is 8.41. The first-order valence-electron chi connectivity index (χ1n) is 13.5. The van der Waals surface area contributed by atoms with E-state index in [-0.39, 0.29) is 49.1 Å². The van der Waals surface area contributed by atoms with Gasteiger partial charge >= 0.3 is 6.18 Å². The molecule has 1 aromatic heterocycles. The monoisotopic (exact) mass is 595 g/mol. The van der Waals surface area contributed by atoms with Crippen molar-refractivity contribution in [1.82, 2.24) is 20.5 Å². The van der Waals surface area contributed by atoms with Crippen LogP contribution in [0.5, 0.6) is 0 Å². The number of likely N-dealkylation sites (N-methyl/N-ethyl adjacent to an activating group) is 1. The number of halogens is 6. The van der Waals surface area contributed by atoms with Crippen LogP contribution in [0.2, 0.25) is 0 Å². The fraction of sp³-hybridized carbons (Fsp3) is 0.448. The standard InChI is InChI=1S/C29H31F6N5O2/c1-39-8-5-22(17-39)38-26(41)27(6-9-40(10-7-27)24-4-3-18(12-23(24)31)29(33,34)35)19-13-25(32)28(42-2,37-15-19)20-11-21(30)16-36-14-20/h3-4,11-16,22,37H,5-10,17H2,1-2H3,(H,38,41)/t22-,28?/m0/s1. The van der Waals surface area contributed by atoms with Gasteiger partial charge in [-0.05, 0) is 68.8 Å². The fourth-order valence-corrected chi connectivity index (χ4v) is 6.00. The van der Waals surface area contributed by atoms with Gasteiger partial charge < -0.3 is 25.2 Å². The third-order valence-electron chi connectivity index (χ3n) is 8.41. The zero-order valence-electron chi connectivity index (χ0n) is 23.1. The van der Waals surface area contributed by atoms with E-state index in [1.165, 1.54) is 25.6 Å². The van der Waals surface area contributed by atoms with Crippen LogP contribution in [0.15, 0.2) is 60.3 Å². The number of likely N-dealkylation sites (tertiary alicyclic amines) is 1. The molecule has 1 aromatic carbocycles. The molecule has 3 aliphatic rings. The number of hydrogen-bond donors (Lipinski definition) is 2. The quantitative estimate of drug-likeness (QED) is 0.475. The second kappa shape index (κ2) is 11.3. The summed E-state index contributed by atoms with van der Waals surface area (Å²) in [6.45, 7) is 1.69. The van der Waals surface area contributed by atoms with E-state index in [1.807, 2.05) is 7.05 Å². The molecule has 0 aliphatic carbocycles. The Hall–Kier alpha value is -3.58. The number of amides is 1. The Morgan fingerprint density at radius 3 is 2.43 bits per heavy atom. The number of carbonyl (C=O) groups excluding carboxylic acids is 1. The summed E-state index contributed by atoms with van der Waals surface area (Å²) < 4.78 is 89.3. The minimum absolute atomic E-state index is 0.0103. The van der Waals surface area contributed by atoms with Gasteiger partial charge in [0.15, 0.2) is 5.83 Å². The van der Waals surface area contributed by atoms with E-state index in [4.69, 9.17) is 4.74 Å². The summed E-state index contributed by atoms with van der Waals surface area (Å²) in [6, 6.07) is 3.33. The highest BCUT2D eigenvalue weighted by molar-refractivity contribution is 5.87. The molecule has 2 atom stereocenters. The van der Waals surface area contributed by atoms with Crippen molar-refractivity contribution in [3.05, 3.63) is 83.1 Å². The average molecular weight is 596 g/mol. The Bertz CT molecular complexity index is 1410. The molecule has 5 rings (SSSR count). The molecule has 42 heavy (non-hydrogen) atoms. The Morgan fingerprint density at radius 2 is 1.86 bits per heavy atom.